The van der Waals surface area contributed by atoms with Gasteiger partial charge < -0.3 is 5.32 Å². The van der Waals surface area contributed by atoms with Gasteiger partial charge in [-0.1, -0.05) is 12.1 Å². The second-order valence-electron chi connectivity index (χ2n) is 3.98. The molecule has 2 rings (SSSR count). The van der Waals surface area contributed by atoms with E-state index in [9.17, 15) is 0 Å². The molecule has 3 heteroatoms. The first-order chi connectivity index (χ1) is 8.20. The van der Waals surface area contributed by atoms with Gasteiger partial charge in [0.05, 0.1) is 0 Å². The topological polar surface area (TPSA) is 35.8 Å². The van der Waals surface area contributed by atoms with Gasteiger partial charge in [0, 0.05) is 17.1 Å². The Bertz CT molecular complexity index is 564. The fourth-order valence-electron chi connectivity index (χ4n) is 1.66. The molecule has 1 N–H and O–H groups in total. The molecule has 0 radical (unpaired) electrons. The van der Waals surface area contributed by atoms with E-state index >= 15 is 0 Å². The van der Waals surface area contributed by atoms with Gasteiger partial charge in [-0.15, -0.1) is 11.3 Å². The maximum absolute atomic E-state index is 8.76. The van der Waals surface area contributed by atoms with Crippen LogP contribution in [-0.2, 0) is 6.54 Å². The lowest BCUT2D eigenvalue weighted by Gasteiger charge is -2.10. The molecule has 0 aliphatic heterocycles. The van der Waals surface area contributed by atoms with Gasteiger partial charge in [-0.25, -0.2) is 0 Å². The summed E-state index contributed by atoms with van der Waals surface area (Å²) in [5.41, 5.74) is 3.74. The summed E-state index contributed by atoms with van der Waals surface area (Å²) in [6.07, 6.45) is 0. The lowest BCUT2D eigenvalue weighted by Crippen LogP contribution is -2.00. The number of rotatable bonds is 3. The molecule has 0 unspecified atom stereocenters. The van der Waals surface area contributed by atoms with Crippen LogP contribution in [0.3, 0.4) is 0 Å². The van der Waals surface area contributed by atoms with Crippen LogP contribution in [0.25, 0.3) is 0 Å². The maximum Gasteiger partial charge on any atom is 0.110 e. The van der Waals surface area contributed by atoms with Gasteiger partial charge in [0.2, 0.25) is 0 Å². The summed E-state index contributed by atoms with van der Waals surface area (Å²) in [7, 11) is 0. The maximum atomic E-state index is 8.76. The van der Waals surface area contributed by atoms with Crippen LogP contribution in [-0.4, -0.2) is 0 Å². The minimum absolute atomic E-state index is 0.766. The highest BCUT2D eigenvalue weighted by Gasteiger charge is 2.02. The van der Waals surface area contributed by atoms with Crippen LogP contribution < -0.4 is 5.32 Å². The molecule has 0 fully saturated rings. The lowest BCUT2D eigenvalue weighted by molar-refractivity contribution is 1.17. The smallest absolute Gasteiger partial charge is 0.110 e. The number of benzene rings is 1. The molecule has 2 aromatic rings. The van der Waals surface area contributed by atoms with Gasteiger partial charge in [0.1, 0.15) is 10.9 Å². The minimum Gasteiger partial charge on any atom is -0.380 e. The second-order valence-corrected chi connectivity index (χ2v) is 5.15. The molecule has 0 spiro atoms. The molecule has 17 heavy (non-hydrogen) atoms. The molecule has 0 aliphatic carbocycles. The molecule has 0 saturated heterocycles. The normalized spacial score (nSPS) is 9.94. The van der Waals surface area contributed by atoms with Crippen molar-refractivity contribution in [1.82, 2.24) is 0 Å². The molecule has 0 bridgehead atoms. The summed E-state index contributed by atoms with van der Waals surface area (Å²) in [5, 5.41) is 12.2. The number of nitrogens with one attached hydrogen (secondary N) is 1. The van der Waals surface area contributed by atoms with E-state index in [4.69, 9.17) is 5.26 Å². The lowest BCUT2D eigenvalue weighted by atomic mass is 10.1. The van der Waals surface area contributed by atoms with Crippen molar-refractivity contribution in [3.05, 3.63) is 51.2 Å². The van der Waals surface area contributed by atoms with Gasteiger partial charge in [-0.3, -0.25) is 0 Å². The highest BCUT2D eigenvalue weighted by Crippen LogP contribution is 2.21. The molecule has 1 aromatic heterocycles. The summed E-state index contributed by atoms with van der Waals surface area (Å²) in [4.78, 5) is 1.95. The van der Waals surface area contributed by atoms with Crippen molar-refractivity contribution in [3.63, 3.8) is 0 Å². The number of aryl methyl sites for hydroxylation is 1. The van der Waals surface area contributed by atoms with Crippen molar-refractivity contribution in [1.29, 1.82) is 5.26 Å². The van der Waals surface area contributed by atoms with E-state index in [0.29, 0.717) is 0 Å². The zero-order valence-electron chi connectivity index (χ0n) is 9.95. The molecule has 0 aliphatic rings. The van der Waals surface area contributed by atoms with E-state index in [-0.39, 0.29) is 0 Å². The van der Waals surface area contributed by atoms with Gasteiger partial charge in [0.25, 0.3) is 0 Å². The Morgan fingerprint density at radius 3 is 2.76 bits per heavy atom. The van der Waals surface area contributed by atoms with E-state index in [2.05, 4.69) is 43.4 Å². The van der Waals surface area contributed by atoms with E-state index < -0.39 is 0 Å². The van der Waals surface area contributed by atoms with Crippen molar-refractivity contribution in [2.75, 3.05) is 5.32 Å². The Kier molecular flexibility index (Phi) is 3.46. The van der Waals surface area contributed by atoms with E-state index in [0.717, 1.165) is 17.1 Å². The zero-order valence-corrected chi connectivity index (χ0v) is 10.8. The molecular formula is C14H14N2S. The van der Waals surface area contributed by atoms with Gasteiger partial charge in [0.15, 0.2) is 0 Å². The molecule has 86 valence electrons. The predicted molar refractivity (Wildman–Crippen MR) is 72.3 cm³/mol. The van der Waals surface area contributed by atoms with Gasteiger partial charge >= 0.3 is 0 Å². The van der Waals surface area contributed by atoms with Crippen LogP contribution in [0, 0.1) is 25.2 Å². The third kappa shape index (κ3) is 2.66. The molecule has 0 atom stereocenters. The van der Waals surface area contributed by atoms with Crippen LogP contribution in [0.5, 0.6) is 0 Å². The molecule has 1 heterocycles. The van der Waals surface area contributed by atoms with Crippen LogP contribution in [0.4, 0.5) is 5.69 Å². The standard InChI is InChI=1S/C14H14N2S/c1-10-4-3-5-14(11(10)2)16-9-13-7-6-12(8-15)17-13/h3-7,16H,9H2,1-2H3. The van der Waals surface area contributed by atoms with Crippen molar-refractivity contribution >= 4 is 17.0 Å². The molecule has 2 nitrogen and oxygen atoms in total. The first-order valence-corrected chi connectivity index (χ1v) is 6.31. The second kappa shape index (κ2) is 5.03. The fraction of sp³-hybridized carbons (Fsp3) is 0.214. The van der Waals surface area contributed by atoms with Crippen molar-refractivity contribution in [2.24, 2.45) is 0 Å². The van der Waals surface area contributed by atoms with E-state index in [1.54, 1.807) is 0 Å². The summed E-state index contributed by atoms with van der Waals surface area (Å²) >= 11 is 1.54. The Morgan fingerprint density at radius 1 is 1.24 bits per heavy atom. The van der Waals surface area contributed by atoms with E-state index in [1.807, 2.05) is 12.1 Å². The van der Waals surface area contributed by atoms with Gasteiger partial charge in [-0.05, 0) is 43.2 Å². The van der Waals surface area contributed by atoms with Crippen LogP contribution in [0.2, 0.25) is 0 Å². The number of hydrogen-bond acceptors (Lipinski definition) is 3. The quantitative estimate of drug-likeness (QED) is 0.887. The first-order valence-electron chi connectivity index (χ1n) is 5.49. The molecular weight excluding hydrogens is 228 g/mol. The largest absolute Gasteiger partial charge is 0.380 e. The number of nitrogens with zero attached hydrogens (tertiary/aromatic N) is 1. The third-order valence-corrected chi connectivity index (χ3v) is 3.82. The first kappa shape index (κ1) is 11.7. The fourth-order valence-corrected chi connectivity index (χ4v) is 2.40. The average molecular weight is 242 g/mol. The summed E-state index contributed by atoms with van der Waals surface area (Å²) in [5.74, 6) is 0. The number of hydrogen-bond donors (Lipinski definition) is 1. The average Bonchev–Trinajstić information content (AvgIpc) is 2.79. The van der Waals surface area contributed by atoms with Crippen LogP contribution >= 0.6 is 11.3 Å². The Labute approximate surface area is 106 Å². The molecule has 1 aromatic carbocycles. The highest BCUT2D eigenvalue weighted by molar-refractivity contribution is 7.12. The molecule has 0 saturated carbocycles. The third-order valence-electron chi connectivity index (χ3n) is 2.83. The Balaban J connectivity index is 2.07. The number of anilines is 1. The summed E-state index contributed by atoms with van der Waals surface area (Å²) in [6, 6.07) is 12.3. The minimum atomic E-state index is 0.766. The summed E-state index contributed by atoms with van der Waals surface area (Å²) < 4.78 is 0. The SMILES string of the molecule is Cc1cccc(NCc2ccc(C#N)s2)c1C. The predicted octanol–water partition coefficient (Wildman–Crippen LogP) is 3.85. The highest BCUT2D eigenvalue weighted by atomic mass is 32.1. The molecule has 0 amide bonds. The number of thiophene rings is 1. The van der Waals surface area contributed by atoms with Crippen molar-refractivity contribution in [2.45, 2.75) is 20.4 Å². The van der Waals surface area contributed by atoms with Crippen molar-refractivity contribution < 1.29 is 0 Å². The monoisotopic (exact) mass is 242 g/mol. The summed E-state index contributed by atoms with van der Waals surface area (Å²) in [6.45, 7) is 5.00. The Hall–Kier alpha value is -1.79. The van der Waals surface area contributed by atoms with Crippen molar-refractivity contribution in [3.8, 4) is 6.07 Å². The zero-order chi connectivity index (χ0) is 12.3. The van der Waals surface area contributed by atoms with Gasteiger partial charge in [-0.2, -0.15) is 5.26 Å². The van der Waals surface area contributed by atoms with Crippen LogP contribution in [0.15, 0.2) is 30.3 Å². The Morgan fingerprint density at radius 2 is 2.06 bits per heavy atom. The number of nitriles is 1. The van der Waals surface area contributed by atoms with E-state index in [1.165, 1.54) is 27.3 Å². The van der Waals surface area contributed by atoms with Crippen LogP contribution in [0.1, 0.15) is 20.9 Å².